The van der Waals surface area contributed by atoms with Gasteiger partial charge in [0.2, 0.25) is 0 Å². The lowest BCUT2D eigenvalue weighted by molar-refractivity contribution is -0.139. The Morgan fingerprint density at radius 3 is 2.29 bits per heavy atom. The molecule has 0 saturated carbocycles. The van der Waals surface area contributed by atoms with E-state index in [4.69, 9.17) is 9.79 Å². The first-order valence-corrected chi connectivity index (χ1v) is 8.57. The largest absolute Gasteiger partial charge is 0.508 e. The summed E-state index contributed by atoms with van der Waals surface area (Å²) in [7, 11) is -4.79. The number of phenols is 1. The van der Waals surface area contributed by atoms with Crippen molar-refractivity contribution >= 4 is 13.5 Å². The molecule has 0 fully saturated rings. The van der Waals surface area contributed by atoms with Crippen LogP contribution < -0.4 is 0 Å². The number of hydrogen-bond donors (Lipinski definition) is 6. The summed E-state index contributed by atoms with van der Waals surface area (Å²) in [4.78, 5) is 18.1. The molecule has 0 amide bonds. The Bertz CT molecular complexity index is 759. The fourth-order valence-electron chi connectivity index (χ4n) is 2.40. The Labute approximate surface area is 138 Å². The summed E-state index contributed by atoms with van der Waals surface area (Å²) in [6.07, 6.45) is 2.10. The van der Waals surface area contributed by atoms with Crippen LogP contribution in [0, 0.1) is 0 Å². The standard InChI is InChI=1S/C15H18NO7P/c1-9(10-2-4-11(17)5-3-10)15(19,20)13-8-12(18)6-7-14(13)16-24(21,22)23/h2-6,8-9,17-20H,7H2,1H3,(H2,21,22,23). The average molecular weight is 355 g/mol. The maximum absolute atomic E-state index is 11.1. The molecule has 1 aromatic rings. The highest BCUT2D eigenvalue weighted by Gasteiger charge is 2.40. The van der Waals surface area contributed by atoms with E-state index in [1.807, 2.05) is 0 Å². The van der Waals surface area contributed by atoms with Gasteiger partial charge in [0.05, 0.1) is 5.71 Å². The zero-order valence-electron chi connectivity index (χ0n) is 12.7. The van der Waals surface area contributed by atoms with E-state index in [2.05, 4.69) is 4.76 Å². The number of hydrogen-bond acceptors (Lipinski definition) is 5. The predicted molar refractivity (Wildman–Crippen MR) is 86.6 cm³/mol. The topological polar surface area (TPSA) is 151 Å². The minimum atomic E-state index is -4.79. The molecule has 0 heterocycles. The van der Waals surface area contributed by atoms with Crippen molar-refractivity contribution < 1.29 is 34.8 Å². The molecule has 1 aliphatic carbocycles. The van der Waals surface area contributed by atoms with E-state index >= 15 is 0 Å². The van der Waals surface area contributed by atoms with Crippen molar-refractivity contribution in [1.29, 1.82) is 0 Å². The van der Waals surface area contributed by atoms with Crippen LogP contribution in [0.3, 0.4) is 0 Å². The van der Waals surface area contributed by atoms with Gasteiger partial charge in [0.15, 0.2) is 5.79 Å². The second kappa shape index (κ2) is 6.51. The lowest BCUT2D eigenvalue weighted by Gasteiger charge is -2.33. The SMILES string of the molecule is CC(c1ccc(O)cc1)C(O)(O)C1=CC(O)=CCC1=NP(=O)(O)O. The van der Waals surface area contributed by atoms with Gasteiger partial charge in [-0.25, -0.2) is 4.57 Å². The second-order valence-corrected chi connectivity index (χ2v) is 6.72. The van der Waals surface area contributed by atoms with E-state index < -0.39 is 19.5 Å². The molecule has 0 bridgehead atoms. The van der Waals surface area contributed by atoms with Gasteiger partial charge in [-0.1, -0.05) is 19.1 Å². The third kappa shape index (κ3) is 4.11. The van der Waals surface area contributed by atoms with Gasteiger partial charge in [0, 0.05) is 17.9 Å². The van der Waals surface area contributed by atoms with E-state index in [1.54, 1.807) is 0 Å². The van der Waals surface area contributed by atoms with E-state index in [9.17, 15) is 25.0 Å². The molecule has 0 spiro atoms. The number of rotatable bonds is 4. The molecule has 1 unspecified atom stereocenters. The minimum Gasteiger partial charge on any atom is -0.508 e. The van der Waals surface area contributed by atoms with Gasteiger partial charge in [-0.05, 0) is 29.8 Å². The third-order valence-corrected chi connectivity index (χ3v) is 4.25. The Morgan fingerprint density at radius 1 is 1.17 bits per heavy atom. The molecule has 0 radical (unpaired) electrons. The average Bonchev–Trinajstić information content (AvgIpc) is 2.47. The molecule has 130 valence electrons. The molecule has 1 atom stereocenters. The quantitative estimate of drug-likeness (QED) is 0.353. The van der Waals surface area contributed by atoms with Crippen LogP contribution in [-0.4, -0.2) is 41.7 Å². The van der Waals surface area contributed by atoms with Crippen LogP contribution in [0.1, 0.15) is 24.8 Å². The summed E-state index contributed by atoms with van der Waals surface area (Å²) in [6, 6.07) is 5.72. The number of allylic oxidation sites excluding steroid dienone is 2. The van der Waals surface area contributed by atoms with Crippen LogP contribution in [-0.2, 0) is 4.57 Å². The van der Waals surface area contributed by atoms with Gasteiger partial charge in [-0.2, -0.15) is 4.76 Å². The molecular formula is C15H18NO7P. The molecule has 6 N–H and O–H groups in total. The molecule has 0 aromatic heterocycles. The summed E-state index contributed by atoms with van der Waals surface area (Å²) in [5, 5.41) is 40.1. The van der Waals surface area contributed by atoms with Crippen molar-refractivity contribution in [3.63, 3.8) is 0 Å². The van der Waals surface area contributed by atoms with Crippen LogP contribution in [0.15, 0.2) is 52.5 Å². The zero-order valence-corrected chi connectivity index (χ0v) is 13.6. The summed E-state index contributed by atoms with van der Waals surface area (Å²) >= 11 is 0. The summed E-state index contributed by atoms with van der Waals surface area (Å²) in [6.45, 7) is 1.48. The number of aromatic hydroxyl groups is 1. The minimum absolute atomic E-state index is 0.00800. The first-order chi connectivity index (χ1) is 11.0. The van der Waals surface area contributed by atoms with Crippen LogP contribution in [0.25, 0.3) is 0 Å². The van der Waals surface area contributed by atoms with E-state index in [0.717, 1.165) is 6.08 Å². The van der Waals surface area contributed by atoms with Crippen LogP contribution in [0.4, 0.5) is 0 Å². The second-order valence-electron chi connectivity index (χ2n) is 5.49. The van der Waals surface area contributed by atoms with Crippen molar-refractivity contribution in [2.24, 2.45) is 4.76 Å². The molecule has 2 rings (SSSR count). The first-order valence-electron chi connectivity index (χ1n) is 7.00. The maximum Gasteiger partial charge on any atom is 0.448 e. The van der Waals surface area contributed by atoms with E-state index in [0.29, 0.717) is 5.56 Å². The van der Waals surface area contributed by atoms with E-state index in [1.165, 1.54) is 37.3 Å². The molecule has 8 nitrogen and oxygen atoms in total. The van der Waals surface area contributed by atoms with Crippen molar-refractivity contribution in [2.75, 3.05) is 0 Å². The van der Waals surface area contributed by atoms with E-state index in [-0.39, 0.29) is 29.2 Å². The van der Waals surface area contributed by atoms with Gasteiger partial charge in [0.1, 0.15) is 11.5 Å². The molecule has 1 aromatic carbocycles. The highest BCUT2D eigenvalue weighted by atomic mass is 31.2. The molecular weight excluding hydrogens is 337 g/mol. The predicted octanol–water partition coefficient (Wildman–Crippen LogP) is 1.48. The van der Waals surface area contributed by atoms with Crippen molar-refractivity contribution in [3.05, 3.63) is 53.3 Å². The van der Waals surface area contributed by atoms with Crippen LogP contribution >= 0.6 is 7.75 Å². The van der Waals surface area contributed by atoms with Gasteiger partial charge in [0.25, 0.3) is 0 Å². The Morgan fingerprint density at radius 2 is 1.75 bits per heavy atom. The van der Waals surface area contributed by atoms with Crippen LogP contribution in [0.2, 0.25) is 0 Å². The van der Waals surface area contributed by atoms with Gasteiger partial charge in [-0.3, -0.25) is 0 Å². The van der Waals surface area contributed by atoms with Gasteiger partial charge in [-0.15, -0.1) is 0 Å². The monoisotopic (exact) mass is 355 g/mol. The third-order valence-electron chi connectivity index (χ3n) is 3.75. The fourth-order valence-corrected chi connectivity index (χ4v) is 2.90. The Balaban J connectivity index is 2.47. The first kappa shape index (κ1) is 18.4. The summed E-state index contributed by atoms with van der Waals surface area (Å²) in [5.41, 5.74) is -0.0635. The molecule has 0 aliphatic heterocycles. The summed E-state index contributed by atoms with van der Waals surface area (Å²) < 4.78 is 14.4. The lowest BCUT2D eigenvalue weighted by atomic mass is 9.83. The van der Waals surface area contributed by atoms with Gasteiger partial charge >= 0.3 is 7.75 Å². The lowest BCUT2D eigenvalue weighted by Crippen LogP contribution is -2.40. The highest BCUT2D eigenvalue weighted by Crippen LogP contribution is 2.41. The highest BCUT2D eigenvalue weighted by molar-refractivity contribution is 7.50. The smallest absolute Gasteiger partial charge is 0.448 e. The zero-order chi connectivity index (χ0) is 18.1. The van der Waals surface area contributed by atoms with Crippen molar-refractivity contribution in [1.82, 2.24) is 0 Å². The van der Waals surface area contributed by atoms with Gasteiger partial charge < -0.3 is 30.2 Å². The fraction of sp³-hybridized carbons (Fsp3) is 0.267. The number of benzene rings is 1. The molecule has 9 heteroatoms. The normalized spacial score (nSPS) is 19.0. The number of aliphatic hydroxyl groups excluding tert-OH is 1. The Hall–Kier alpha value is -1.96. The number of phenolic OH excluding ortho intramolecular Hbond substituents is 1. The number of nitrogens with zero attached hydrogens (tertiary/aromatic N) is 1. The number of aliphatic hydroxyl groups is 3. The van der Waals surface area contributed by atoms with Crippen molar-refractivity contribution in [2.45, 2.75) is 25.0 Å². The molecule has 1 aliphatic rings. The van der Waals surface area contributed by atoms with Crippen molar-refractivity contribution in [3.8, 4) is 5.75 Å². The molecule has 0 saturated heterocycles. The maximum atomic E-state index is 11.1. The molecule has 24 heavy (non-hydrogen) atoms. The van der Waals surface area contributed by atoms with Crippen LogP contribution in [0.5, 0.6) is 5.75 Å². The summed E-state index contributed by atoms with van der Waals surface area (Å²) in [5.74, 6) is -3.74. The Kier molecular flexibility index (Phi) is 4.98.